The number of unbranched alkanes of at least 4 members (excludes halogenated alkanes) is 1. The molecular weight excluding hydrogens is 422 g/mol. The second kappa shape index (κ2) is 7.56. The summed E-state index contributed by atoms with van der Waals surface area (Å²) in [5.74, 6) is -6.98. The number of carboxylic acid groups (broad SMARTS) is 1. The third kappa shape index (κ3) is 6.05. The molecule has 1 N–H and O–H groups in total. The fraction of sp³-hybridized carbons (Fsp3) is 0.500. The van der Waals surface area contributed by atoms with Crippen molar-refractivity contribution in [1.82, 2.24) is 0 Å². The van der Waals surface area contributed by atoms with Crippen molar-refractivity contribution in [2.75, 3.05) is 0 Å². The average molecular weight is 436 g/mol. The van der Waals surface area contributed by atoms with Crippen LogP contribution in [-0.2, 0) is 4.79 Å². The largest absolute Gasteiger partial charge is 0.481 e. The van der Waals surface area contributed by atoms with Crippen molar-refractivity contribution in [3.05, 3.63) is 33.5 Å². The van der Waals surface area contributed by atoms with E-state index in [0.717, 1.165) is 6.08 Å². The Bertz CT molecular complexity index is 506. The van der Waals surface area contributed by atoms with E-state index in [-0.39, 0.29) is 22.0 Å². The van der Waals surface area contributed by atoms with Gasteiger partial charge < -0.3 is 5.11 Å². The quantitative estimate of drug-likeness (QED) is 0.267. The van der Waals surface area contributed by atoms with Crippen molar-refractivity contribution in [3.63, 3.8) is 0 Å². The molecule has 0 amide bonds. The van der Waals surface area contributed by atoms with Gasteiger partial charge in [-0.05, 0) is 59.6 Å². The standard InChI is InChI=1S/C14H14F5IO2/c15-13(16)8-10(20)7-9(11(13)12(21)22)5-3-1-2-4-6-14(17,18)19/h2,4,7-8,11H,1,3,5-6H2,(H,21,22). The van der Waals surface area contributed by atoms with Crippen LogP contribution in [0.25, 0.3) is 0 Å². The summed E-state index contributed by atoms with van der Waals surface area (Å²) >= 11 is 1.69. The number of rotatable bonds is 6. The Morgan fingerprint density at radius 3 is 2.55 bits per heavy atom. The number of allylic oxidation sites excluding steroid dienone is 5. The van der Waals surface area contributed by atoms with Gasteiger partial charge in [0.15, 0.2) is 0 Å². The van der Waals surface area contributed by atoms with Crippen LogP contribution in [0.2, 0.25) is 0 Å². The summed E-state index contributed by atoms with van der Waals surface area (Å²) in [6.45, 7) is 0. The van der Waals surface area contributed by atoms with E-state index in [1.165, 1.54) is 12.2 Å². The van der Waals surface area contributed by atoms with Gasteiger partial charge in [-0.1, -0.05) is 12.2 Å². The summed E-state index contributed by atoms with van der Waals surface area (Å²) in [7, 11) is 0. The molecular formula is C14H14F5IO2. The molecule has 1 aliphatic carbocycles. The number of halogens is 6. The highest BCUT2D eigenvalue weighted by atomic mass is 127. The molecule has 0 aliphatic heterocycles. The second-order valence-electron chi connectivity index (χ2n) is 4.88. The first-order valence-corrected chi connectivity index (χ1v) is 7.52. The van der Waals surface area contributed by atoms with Gasteiger partial charge in [-0.25, -0.2) is 8.78 Å². The molecule has 0 radical (unpaired) electrons. The molecule has 0 aromatic carbocycles. The van der Waals surface area contributed by atoms with Crippen molar-refractivity contribution in [3.8, 4) is 0 Å². The maximum Gasteiger partial charge on any atom is 0.392 e. The van der Waals surface area contributed by atoms with Gasteiger partial charge in [0.2, 0.25) is 0 Å². The lowest BCUT2D eigenvalue weighted by atomic mass is 9.85. The predicted molar refractivity (Wildman–Crippen MR) is 79.9 cm³/mol. The van der Waals surface area contributed by atoms with E-state index in [1.807, 2.05) is 0 Å². The van der Waals surface area contributed by atoms with Crippen LogP contribution in [0.15, 0.2) is 33.5 Å². The number of aliphatic carboxylic acids is 1. The Kier molecular flexibility index (Phi) is 6.57. The summed E-state index contributed by atoms with van der Waals surface area (Å²) in [6.07, 6.45) is -0.312. The summed E-state index contributed by atoms with van der Waals surface area (Å²) < 4.78 is 63.5. The number of hydrogen-bond acceptors (Lipinski definition) is 1. The van der Waals surface area contributed by atoms with E-state index in [0.29, 0.717) is 12.5 Å². The van der Waals surface area contributed by atoms with E-state index in [9.17, 15) is 26.7 Å². The zero-order valence-corrected chi connectivity index (χ0v) is 13.5. The normalized spacial score (nSPS) is 21.6. The number of alkyl halides is 5. The summed E-state index contributed by atoms with van der Waals surface area (Å²) in [5, 5.41) is 8.97. The summed E-state index contributed by atoms with van der Waals surface area (Å²) in [5.41, 5.74) is 0.0913. The molecule has 0 spiro atoms. The predicted octanol–water partition coefficient (Wildman–Crippen LogP) is 5.26. The zero-order chi connectivity index (χ0) is 17.0. The topological polar surface area (TPSA) is 37.3 Å². The molecule has 0 bridgehead atoms. The average Bonchev–Trinajstić information content (AvgIpc) is 2.29. The monoisotopic (exact) mass is 436 g/mol. The molecule has 2 nitrogen and oxygen atoms in total. The van der Waals surface area contributed by atoms with Gasteiger partial charge in [-0.3, -0.25) is 4.79 Å². The molecule has 0 saturated carbocycles. The SMILES string of the molecule is O=C(O)C1C(CCCC=CCC(F)(F)F)=CC(I)=CC1(F)F. The van der Waals surface area contributed by atoms with Crippen LogP contribution >= 0.6 is 22.6 Å². The van der Waals surface area contributed by atoms with Crippen LogP contribution in [0.3, 0.4) is 0 Å². The van der Waals surface area contributed by atoms with Crippen LogP contribution in [-0.4, -0.2) is 23.2 Å². The van der Waals surface area contributed by atoms with Gasteiger partial charge in [0.25, 0.3) is 5.92 Å². The Labute approximate surface area is 137 Å². The molecule has 1 rings (SSSR count). The van der Waals surface area contributed by atoms with Crippen molar-refractivity contribution in [1.29, 1.82) is 0 Å². The van der Waals surface area contributed by atoms with Gasteiger partial charge in [0.05, 0.1) is 6.42 Å². The van der Waals surface area contributed by atoms with Crippen LogP contribution in [0, 0.1) is 5.92 Å². The molecule has 1 aliphatic rings. The summed E-state index contributed by atoms with van der Waals surface area (Å²) in [4.78, 5) is 11.0. The zero-order valence-electron chi connectivity index (χ0n) is 11.3. The number of carbonyl (C=O) groups is 1. The minimum atomic E-state index is -4.26. The van der Waals surface area contributed by atoms with Gasteiger partial charge in [0.1, 0.15) is 5.92 Å². The Balaban J connectivity index is 2.60. The van der Waals surface area contributed by atoms with Crippen LogP contribution < -0.4 is 0 Å². The smallest absolute Gasteiger partial charge is 0.392 e. The Morgan fingerprint density at radius 2 is 2.00 bits per heavy atom. The molecule has 1 atom stereocenters. The Morgan fingerprint density at radius 1 is 1.36 bits per heavy atom. The fourth-order valence-corrected chi connectivity index (χ4v) is 2.93. The van der Waals surface area contributed by atoms with E-state index < -0.39 is 30.4 Å². The van der Waals surface area contributed by atoms with Gasteiger partial charge in [-0.15, -0.1) is 0 Å². The molecule has 0 aromatic rings. The van der Waals surface area contributed by atoms with Gasteiger partial charge in [0, 0.05) is 3.58 Å². The highest BCUT2D eigenvalue weighted by Crippen LogP contribution is 2.40. The maximum absolute atomic E-state index is 13.7. The minimum absolute atomic E-state index is 0.0913. The first-order chi connectivity index (χ1) is 10.0. The lowest BCUT2D eigenvalue weighted by Gasteiger charge is -2.27. The molecule has 22 heavy (non-hydrogen) atoms. The lowest BCUT2D eigenvalue weighted by Crippen LogP contribution is -2.36. The van der Waals surface area contributed by atoms with Gasteiger partial charge >= 0.3 is 12.1 Å². The van der Waals surface area contributed by atoms with Crippen LogP contribution in [0.5, 0.6) is 0 Å². The molecule has 8 heteroatoms. The highest BCUT2D eigenvalue weighted by molar-refractivity contribution is 14.1. The molecule has 124 valence electrons. The molecule has 0 fully saturated rings. The number of hydrogen-bond donors (Lipinski definition) is 1. The van der Waals surface area contributed by atoms with Crippen molar-refractivity contribution in [2.45, 2.75) is 37.8 Å². The minimum Gasteiger partial charge on any atom is -0.481 e. The van der Waals surface area contributed by atoms with E-state index in [4.69, 9.17) is 5.11 Å². The number of carboxylic acids is 1. The fourth-order valence-electron chi connectivity index (χ4n) is 2.12. The van der Waals surface area contributed by atoms with Gasteiger partial charge in [-0.2, -0.15) is 13.2 Å². The van der Waals surface area contributed by atoms with E-state index >= 15 is 0 Å². The first kappa shape index (κ1) is 19.1. The highest BCUT2D eigenvalue weighted by Gasteiger charge is 2.46. The molecule has 0 heterocycles. The summed E-state index contributed by atoms with van der Waals surface area (Å²) in [6, 6.07) is 0. The van der Waals surface area contributed by atoms with Crippen LogP contribution in [0.1, 0.15) is 25.7 Å². The van der Waals surface area contributed by atoms with E-state index in [1.54, 1.807) is 22.6 Å². The van der Waals surface area contributed by atoms with Crippen molar-refractivity contribution in [2.24, 2.45) is 5.92 Å². The maximum atomic E-state index is 13.7. The lowest BCUT2D eigenvalue weighted by molar-refractivity contribution is -0.149. The molecule has 0 saturated heterocycles. The van der Waals surface area contributed by atoms with Crippen molar-refractivity contribution >= 4 is 28.6 Å². The third-order valence-electron chi connectivity index (χ3n) is 3.01. The van der Waals surface area contributed by atoms with Crippen LogP contribution in [0.4, 0.5) is 22.0 Å². The Hall–Kier alpha value is -0.930. The van der Waals surface area contributed by atoms with Crippen molar-refractivity contribution < 1.29 is 31.9 Å². The van der Waals surface area contributed by atoms with E-state index in [2.05, 4.69) is 0 Å². The second-order valence-corrected chi connectivity index (χ2v) is 6.12. The molecule has 0 aromatic heterocycles. The molecule has 1 unspecified atom stereocenters. The first-order valence-electron chi connectivity index (χ1n) is 6.44. The third-order valence-corrected chi connectivity index (χ3v) is 3.63.